The van der Waals surface area contributed by atoms with Gasteiger partial charge in [0.15, 0.2) is 0 Å². The van der Waals surface area contributed by atoms with Gasteiger partial charge in [-0.3, -0.25) is 0 Å². The molecule has 3 rings (SSSR count). The summed E-state index contributed by atoms with van der Waals surface area (Å²) in [4.78, 5) is 6.16. The van der Waals surface area contributed by atoms with E-state index in [1.165, 1.54) is 6.07 Å². The number of nitrogens with one attached hydrogen (secondary N) is 1. The molecule has 0 aliphatic carbocycles. The van der Waals surface area contributed by atoms with Crippen molar-refractivity contribution in [2.75, 3.05) is 24.5 Å². The Morgan fingerprint density at radius 2 is 2.22 bits per heavy atom. The summed E-state index contributed by atoms with van der Waals surface area (Å²) in [7, 11) is 0. The Hall–Kier alpha value is -1.30. The zero-order chi connectivity index (χ0) is 12.9. The Balaban J connectivity index is 2.03. The van der Waals surface area contributed by atoms with E-state index >= 15 is 0 Å². The van der Waals surface area contributed by atoms with Crippen molar-refractivity contribution in [3.05, 3.63) is 23.4 Å². The Labute approximate surface area is 103 Å². The van der Waals surface area contributed by atoms with Gasteiger partial charge in [0.05, 0.1) is 5.56 Å². The minimum Gasteiger partial charge on any atom is -0.350 e. The van der Waals surface area contributed by atoms with Crippen LogP contribution in [0.3, 0.4) is 0 Å². The fraction of sp³-hybridized carbons (Fsp3) is 0.583. The summed E-state index contributed by atoms with van der Waals surface area (Å²) in [5, 5.41) is 3.27. The molecule has 2 aliphatic heterocycles. The van der Waals surface area contributed by atoms with Crippen molar-refractivity contribution in [3.8, 4) is 0 Å². The third-order valence-corrected chi connectivity index (χ3v) is 3.85. The van der Waals surface area contributed by atoms with Crippen molar-refractivity contribution in [2.45, 2.75) is 25.1 Å². The quantitative estimate of drug-likeness (QED) is 0.770. The first-order valence-electron chi connectivity index (χ1n) is 6.03. The zero-order valence-electron chi connectivity index (χ0n) is 9.96. The maximum Gasteiger partial charge on any atom is 0.417 e. The lowest BCUT2D eigenvalue weighted by Crippen LogP contribution is -2.50. The number of nitrogens with zero attached hydrogens (tertiary/aromatic N) is 2. The van der Waals surface area contributed by atoms with Crippen molar-refractivity contribution in [3.63, 3.8) is 0 Å². The maximum atomic E-state index is 12.7. The molecular formula is C12H14F3N3. The van der Waals surface area contributed by atoms with Gasteiger partial charge in [0.2, 0.25) is 0 Å². The van der Waals surface area contributed by atoms with E-state index in [0.29, 0.717) is 0 Å². The van der Waals surface area contributed by atoms with Crippen molar-refractivity contribution >= 4 is 5.82 Å². The molecule has 6 heteroatoms. The maximum absolute atomic E-state index is 12.7. The summed E-state index contributed by atoms with van der Waals surface area (Å²) in [6, 6.07) is 1.48. The van der Waals surface area contributed by atoms with E-state index in [0.717, 1.165) is 37.2 Å². The van der Waals surface area contributed by atoms with Crippen LogP contribution >= 0.6 is 0 Å². The Morgan fingerprint density at radius 1 is 1.44 bits per heavy atom. The molecular weight excluding hydrogens is 243 g/mol. The lowest BCUT2D eigenvalue weighted by Gasteiger charge is -2.33. The predicted molar refractivity (Wildman–Crippen MR) is 61.7 cm³/mol. The highest BCUT2D eigenvalue weighted by atomic mass is 19.4. The van der Waals surface area contributed by atoms with Crippen LogP contribution in [0.2, 0.25) is 0 Å². The topological polar surface area (TPSA) is 28.2 Å². The average Bonchev–Trinajstić information content (AvgIpc) is 2.63. The van der Waals surface area contributed by atoms with Crippen LogP contribution in [0.4, 0.5) is 19.0 Å². The molecule has 0 amide bonds. The zero-order valence-corrected chi connectivity index (χ0v) is 9.96. The summed E-state index contributed by atoms with van der Waals surface area (Å²) in [5.41, 5.74) is 0.0689. The normalized spacial score (nSPS) is 27.0. The molecule has 18 heavy (non-hydrogen) atoms. The highest BCUT2D eigenvalue weighted by Crippen LogP contribution is 2.42. The van der Waals surface area contributed by atoms with Gasteiger partial charge >= 0.3 is 6.18 Å². The van der Waals surface area contributed by atoms with Crippen molar-refractivity contribution in [1.82, 2.24) is 10.3 Å². The Bertz CT molecular complexity index is 472. The second-order valence-corrected chi connectivity index (χ2v) is 4.89. The number of piperazine rings is 1. The molecule has 0 aromatic carbocycles. The first-order chi connectivity index (χ1) is 8.48. The third-order valence-electron chi connectivity index (χ3n) is 3.85. The molecule has 1 aromatic heterocycles. The number of aromatic nitrogens is 1. The van der Waals surface area contributed by atoms with E-state index in [1.807, 2.05) is 6.92 Å². The summed E-state index contributed by atoms with van der Waals surface area (Å²) in [6.45, 7) is 4.43. The monoisotopic (exact) mass is 257 g/mol. The standard InChI is InChI=1S/C12H14F3N3/c1-7-9-4-8(12(13,14)15)5-17-11(9)18-3-2-16-6-10(7)18/h4-5,7,10,16H,2-3,6H2,1H3/t7-,10-/m1/s1. The van der Waals surface area contributed by atoms with Crippen molar-refractivity contribution in [1.29, 1.82) is 0 Å². The molecule has 0 unspecified atom stereocenters. The molecule has 1 aromatic rings. The van der Waals surface area contributed by atoms with Gasteiger partial charge in [-0.1, -0.05) is 6.92 Å². The van der Waals surface area contributed by atoms with E-state index < -0.39 is 11.7 Å². The number of anilines is 1. The molecule has 1 fully saturated rings. The predicted octanol–water partition coefficient (Wildman–Crippen LogP) is 2.00. The fourth-order valence-electron chi connectivity index (χ4n) is 2.85. The van der Waals surface area contributed by atoms with E-state index in [9.17, 15) is 13.2 Å². The van der Waals surface area contributed by atoms with Gasteiger partial charge in [0.1, 0.15) is 5.82 Å². The van der Waals surface area contributed by atoms with Gasteiger partial charge in [-0.15, -0.1) is 0 Å². The number of pyridine rings is 1. The average molecular weight is 257 g/mol. The summed E-state index contributed by atoms with van der Waals surface area (Å²) in [5.74, 6) is 0.810. The van der Waals surface area contributed by atoms with Gasteiger partial charge in [-0.05, 0) is 6.07 Å². The minimum absolute atomic E-state index is 0.0857. The molecule has 2 atom stereocenters. The van der Waals surface area contributed by atoms with Crippen LogP contribution in [0.25, 0.3) is 0 Å². The van der Waals surface area contributed by atoms with E-state index in [2.05, 4.69) is 15.2 Å². The van der Waals surface area contributed by atoms with Crippen molar-refractivity contribution in [2.24, 2.45) is 0 Å². The largest absolute Gasteiger partial charge is 0.417 e. The number of halogens is 3. The van der Waals surface area contributed by atoms with Crippen LogP contribution < -0.4 is 10.2 Å². The van der Waals surface area contributed by atoms with E-state index in [4.69, 9.17) is 0 Å². The fourth-order valence-corrected chi connectivity index (χ4v) is 2.85. The highest BCUT2D eigenvalue weighted by molar-refractivity contribution is 5.58. The Morgan fingerprint density at radius 3 is 2.94 bits per heavy atom. The molecule has 1 saturated heterocycles. The summed E-state index contributed by atoms with van der Waals surface area (Å²) < 4.78 is 38.1. The molecule has 2 aliphatic rings. The van der Waals surface area contributed by atoms with Crippen LogP contribution in [0.1, 0.15) is 24.0 Å². The molecule has 0 radical (unpaired) electrons. The summed E-state index contributed by atoms with van der Waals surface area (Å²) in [6.07, 6.45) is -3.38. The molecule has 0 spiro atoms. The molecule has 3 heterocycles. The molecule has 0 bridgehead atoms. The van der Waals surface area contributed by atoms with Gasteiger partial charge in [-0.25, -0.2) is 4.98 Å². The van der Waals surface area contributed by atoms with Gasteiger partial charge in [-0.2, -0.15) is 13.2 Å². The van der Waals surface area contributed by atoms with Gasteiger partial charge in [0, 0.05) is 43.4 Å². The van der Waals surface area contributed by atoms with Crippen LogP contribution in [0.5, 0.6) is 0 Å². The smallest absolute Gasteiger partial charge is 0.350 e. The number of rotatable bonds is 0. The van der Waals surface area contributed by atoms with Crippen LogP contribution in [-0.2, 0) is 6.18 Å². The lowest BCUT2D eigenvalue weighted by atomic mass is 9.96. The second-order valence-electron chi connectivity index (χ2n) is 4.89. The van der Waals surface area contributed by atoms with E-state index in [1.54, 1.807) is 0 Å². The van der Waals surface area contributed by atoms with Crippen molar-refractivity contribution < 1.29 is 13.2 Å². The number of hydrogen-bond acceptors (Lipinski definition) is 3. The van der Waals surface area contributed by atoms with E-state index in [-0.39, 0.29) is 12.0 Å². The SMILES string of the molecule is C[C@@H]1c2cc(C(F)(F)F)cnc2N2CCNC[C@H]12. The number of hydrogen-bond donors (Lipinski definition) is 1. The van der Waals surface area contributed by atoms with Crippen LogP contribution in [0.15, 0.2) is 12.3 Å². The first-order valence-corrected chi connectivity index (χ1v) is 6.03. The molecule has 0 saturated carbocycles. The third kappa shape index (κ3) is 1.67. The number of alkyl halides is 3. The summed E-state index contributed by atoms with van der Waals surface area (Å²) >= 11 is 0. The Kier molecular flexibility index (Phi) is 2.52. The van der Waals surface area contributed by atoms with Gasteiger partial charge < -0.3 is 10.2 Å². The number of fused-ring (bicyclic) bond motifs is 3. The minimum atomic E-state index is -4.32. The van der Waals surface area contributed by atoms with Gasteiger partial charge in [0.25, 0.3) is 0 Å². The second kappa shape index (κ2) is 3.85. The molecule has 98 valence electrons. The van der Waals surface area contributed by atoms with Crippen LogP contribution in [0, 0.1) is 0 Å². The highest BCUT2D eigenvalue weighted by Gasteiger charge is 2.40. The molecule has 3 nitrogen and oxygen atoms in total. The van der Waals surface area contributed by atoms with Crippen LogP contribution in [-0.4, -0.2) is 30.7 Å². The first kappa shape index (κ1) is 11.8. The molecule has 1 N–H and O–H groups in total. The lowest BCUT2D eigenvalue weighted by molar-refractivity contribution is -0.137.